The lowest BCUT2D eigenvalue weighted by Gasteiger charge is -2.13. The van der Waals surface area contributed by atoms with Crippen LogP contribution >= 0.6 is 0 Å². The summed E-state index contributed by atoms with van der Waals surface area (Å²) in [4.78, 5) is 0. The largest absolute Gasteiger partial charge is 0.389 e. The first kappa shape index (κ1) is 14.7. The van der Waals surface area contributed by atoms with Crippen molar-refractivity contribution in [2.24, 2.45) is 11.1 Å². The minimum absolute atomic E-state index is 0.156. The Morgan fingerprint density at radius 1 is 1.29 bits per heavy atom. The lowest BCUT2D eigenvalue weighted by molar-refractivity contribution is -0.134. The number of nitrogens with two attached hydrogens (primary N) is 1. The minimum atomic E-state index is -4.30. The maximum Gasteiger partial charge on any atom is 0.389 e. The molecule has 0 bridgehead atoms. The number of rotatable bonds is 7. The summed E-state index contributed by atoms with van der Waals surface area (Å²) in [7, 11) is -3.61. The van der Waals surface area contributed by atoms with Gasteiger partial charge in [-0.3, -0.25) is 0 Å². The summed E-state index contributed by atoms with van der Waals surface area (Å²) < 4.78 is 60.6. The zero-order valence-corrected chi connectivity index (χ0v) is 10.2. The van der Waals surface area contributed by atoms with E-state index in [0.717, 1.165) is 12.8 Å². The van der Waals surface area contributed by atoms with E-state index in [0.29, 0.717) is 6.54 Å². The molecule has 1 saturated carbocycles. The van der Waals surface area contributed by atoms with Gasteiger partial charge in [-0.2, -0.15) is 13.2 Å². The number of halogens is 3. The highest BCUT2D eigenvalue weighted by atomic mass is 32.2. The van der Waals surface area contributed by atoms with E-state index < -0.39 is 34.8 Å². The Kier molecular flexibility index (Phi) is 4.43. The summed E-state index contributed by atoms with van der Waals surface area (Å²) in [5.41, 5.74) is 5.32. The summed E-state index contributed by atoms with van der Waals surface area (Å²) in [6.45, 7) is 0.635. The topological polar surface area (TPSA) is 72.2 Å². The second-order valence-corrected chi connectivity index (χ2v) is 6.49. The summed E-state index contributed by atoms with van der Waals surface area (Å²) >= 11 is 0. The smallest absolute Gasteiger partial charge is 0.330 e. The molecule has 4 nitrogen and oxygen atoms in total. The maximum atomic E-state index is 11.8. The number of nitrogens with one attached hydrogen (secondary N) is 1. The average molecular weight is 274 g/mol. The fourth-order valence-electron chi connectivity index (χ4n) is 1.43. The van der Waals surface area contributed by atoms with E-state index in [1.165, 1.54) is 0 Å². The summed E-state index contributed by atoms with van der Waals surface area (Å²) in [6, 6.07) is 0. The SMILES string of the molecule is NCC1(CNS(=O)(=O)CCCC(F)(F)F)CC1. The third kappa shape index (κ3) is 5.69. The van der Waals surface area contributed by atoms with E-state index in [9.17, 15) is 21.6 Å². The molecular weight excluding hydrogens is 257 g/mol. The van der Waals surface area contributed by atoms with Crippen molar-refractivity contribution < 1.29 is 21.6 Å². The zero-order valence-electron chi connectivity index (χ0n) is 9.39. The van der Waals surface area contributed by atoms with Crippen LogP contribution in [0.5, 0.6) is 0 Å². The van der Waals surface area contributed by atoms with Gasteiger partial charge in [0.1, 0.15) is 0 Å². The first-order valence-electron chi connectivity index (χ1n) is 5.42. The third-order valence-electron chi connectivity index (χ3n) is 2.93. The van der Waals surface area contributed by atoms with Crippen LogP contribution in [0.15, 0.2) is 0 Å². The molecular formula is C9H17F3N2O2S. The Labute approximate surface area is 98.8 Å². The molecule has 1 aliphatic rings. The van der Waals surface area contributed by atoms with Gasteiger partial charge in [0.05, 0.1) is 5.75 Å². The van der Waals surface area contributed by atoms with Gasteiger partial charge in [-0.15, -0.1) is 0 Å². The van der Waals surface area contributed by atoms with Gasteiger partial charge < -0.3 is 5.73 Å². The van der Waals surface area contributed by atoms with Crippen LogP contribution in [0.4, 0.5) is 13.2 Å². The normalized spacial score (nSPS) is 19.3. The summed E-state index contributed by atoms with van der Waals surface area (Å²) in [5, 5.41) is 0. The van der Waals surface area contributed by atoms with Gasteiger partial charge in [0, 0.05) is 13.0 Å². The average Bonchev–Trinajstić information content (AvgIpc) is 2.93. The van der Waals surface area contributed by atoms with Gasteiger partial charge in [0.2, 0.25) is 10.0 Å². The molecule has 102 valence electrons. The van der Waals surface area contributed by atoms with Gasteiger partial charge in [-0.1, -0.05) is 0 Å². The van der Waals surface area contributed by atoms with E-state index in [1.54, 1.807) is 0 Å². The van der Waals surface area contributed by atoms with Crippen molar-refractivity contribution in [3.8, 4) is 0 Å². The maximum absolute atomic E-state index is 11.8. The van der Waals surface area contributed by atoms with Crippen molar-refractivity contribution in [2.45, 2.75) is 31.9 Å². The predicted octanol–water partition coefficient (Wildman–Crippen LogP) is 0.987. The van der Waals surface area contributed by atoms with E-state index in [-0.39, 0.29) is 12.0 Å². The van der Waals surface area contributed by atoms with Crippen molar-refractivity contribution in [2.75, 3.05) is 18.8 Å². The molecule has 0 amide bonds. The van der Waals surface area contributed by atoms with E-state index in [2.05, 4.69) is 4.72 Å². The third-order valence-corrected chi connectivity index (χ3v) is 4.34. The monoisotopic (exact) mass is 274 g/mol. The van der Waals surface area contributed by atoms with E-state index in [4.69, 9.17) is 5.73 Å². The van der Waals surface area contributed by atoms with Crippen LogP contribution in [0.1, 0.15) is 25.7 Å². The second kappa shape index (κ2) is 5.11. The van der Waals surface area contributed by atoms with E-state index in [1.807, 2.05) is 0 Å². The molecule has 0 unspecified atom stereocenters. The molecule has 1 fully saturated rings. The van der Waals surface area contributed by atoms with Crippen LogP contribution < -0.4 is 10.5 Å². The van der Waals surface area contributed by atoms with Crippen molar-refractivity contribution in [1.29, 1.82) is 0 Å². The molecule has 3 N–H and O–H groups in total. The van der Waals surface area contributed by atoms with Gasteiger partial charge in [-0.25, -0.2) is 13.1 Å². The second-order valence-electron chi connectivity index (χ2n) is 4.56. The molecule has 0 aromatic carbocycles. The highest BCUT2D eigenvalue weighted by Crippen LogP contribution is 2.43. The Balaban J connectivity index is 2.27. The van der Waals surface area contributed by atoms with E-state index >= 15 is 0 Å². The molecule has 17 heavy (non-hydrogen) atoms. The summed E-state index contributed by atoms with van der Waals surface area (Å²) in [5.74, 6) is -0.493. The molecule has 0 aromatic rings. The van der Waals surface area contributed by atoms with Crippen molar-refractivity contribution in [3.63, 3.8) is 0 Å². The van der Waals surface area contributed by atoms with Crippen molar-refractivity contribution in [3.05, 3.63) is 0 Å². The highest BCUT2D eigenvalue weighted by molar-refractivity contribution is 7.89. The zero-order chi connectivity index (χ0) is 13.2. The lowest BCUT2D eigenvalue weighted by Crippen LogP contribution is -2.35. The summed E-state index contributed by atoms with van der Waals surface area (Å²) in [6.07, 6.45) is -4.04. The molecule has 8 heteroatoms. The minimum Gasteiger partial charge on any atom is -0.330 e. The van der Waals surface area contributed by atoms with Crippen LogP contribution in [-0.4, -0.2) is 33.4 Å². The molecule has 0 aromatic heterocycles. The standard InChI is InChI=1S/C9H17F3N2O2S/c10-9(11,12)2-1-5-17(15,16)14-7-8(6-13)3-4-8/h14H,1-7,13H2. The van der Waals surface area contributed by atoms with Gasteiger partial charge >= 0.3 is 6.18 Å². The Morgan fingerprint density at radius 2 is 1.88 bits per heavy atom. The van der Waals surface area contributed by atoms with Gasteiger partial charge in [0.25, 0.3) is 0 Å². The lowest BCUT2D eigenvalue weighted by atomic mass is 10.1. The van der Waals surface area contributed by atoms with Crippen LogP contribution in [-0.2, 0) is 10.0 Å². The first-order chi connectivity index (χ1) is 7.68. The molecule has 0 saturated heterocycles. The Hall–Kier alpha value is -0.340. The number of sulfonamides is 1. The van der Waals surface area contributed by atoms with Crippen molar-refractivity contribution >= 4 is 10.0 Å². The Morgan fingerprint density at radius 3 is 2.29 bits per heavy atom. The van der Waals surface area contributed by atoms with Gasteiger partial charge in [-0.05, 0) is 31.2 Å². The van der Waals surface area contributed by atoms with Crippen LogP contribution in [0.2, 0.25) is 0 Å². The van der Waals surface area contributed by atoms with Gasteiger partial charge in [0.15, 0.2) is 0 Å². The molecule has 1 rings (SSSR count). The quantitative estimate of drug-likeness (QED) is 0.727. The number of hydrogen-bond donors (Lipinski definition) is 2. The molecule has 0 atom stereocenters. The van der Waals surface area contributed by atoms with Crippen LogP contribution in [0, 0.1) is 5.41 Å². The number of alkyl halides is 3. The van der Waals surface area contributed by atoms with Crippen LogP contribution in [0.25, 0.3) is 0 Å². The molecule has 0 heterocycles. The van der Waals surface area contributed by atoms with Crippen molar-refractivity contribution in [1.82, 2.24) is 4.72 Å². The highest BCUT2D eigenvalue weighted by Gasteiger charge is 2.41. The first-order valence-corrected chi connectivity index (χ1v) is 7.07. The number of hydrogen-bond acceptors (Lipinski definition) is 3. The fourth-order valence-corrected chi connectivity index (χ4v) is 2.62. The Bertz CT molecular complexity index is 350. The molecule has 0 aliphatic heterocycles. The predicted molar refractivity (Wildman–Crippen MR) is 57.8 cm³/mol. The fraction of sp³-hybridized carbons (Fsp3) is 1.00. The molecule has 1 aliphatic carbocycles. The molecule has 0 spiro atoms. The molecule has 0 radical (unpaired) electrons. The van der Waals surface area contributed by atoms with Crippen LogP contribution in [0.3, 0.4) is 0 Å².